The molecule has 0 spiro atoms. The van der Waals surface area contributed by atoms with Crippen molar-refractivity contribution in [3.8, 4) is 5.75 Å². The van der Waals surface area contributed by atoms with Crippen LogP contribution in [0.5, 0.6) is 5.75 Å². The van der Waals surface area contributed by atoms with E-state index in [-0.39, 0.29) is 6.10 Å². The minimum absolute atomic E-state index is 0.267. The minimum Gasteiger partial charge on any atom is -0.507 e. The number of guanidine groups is 1. The molecule has 0 bridgehead atoms. The average molecular weight is 349 g/mol. The van der Waals surface area contributed by atoms with E-state index in [1.807, 2.05) is 26.0 Å². The zero-order valence-electron chi connectivity index (χ0n) is 15.6. The molecular formula is C19H31N3O3. The molecule has 0 radical (unpaired) electrons. The van der Waals surface area contributed by atoms with E-state index in [4.69, 9.17) is 9.47 Å². The summed E-state index contributed by atoms with van der Waals surface area (Å²) in [5, 5.41) is 16.4. The van der Waals surface area contributed by atoms with Crippen LogP contribution in [-0.4, -0.2) is 50.1 Å². The highest BCUT2D eigenvalue weighted by molar-refractivity contribution is 5.79. The lowest BCUT2D eigenvalue weighted by Crippen LogP contribution is -2.38. The van der Waals surface area contributed by atoms with Crippen LogP contribution in [0.15, 0.2) is 17.1 Å². The Labute approximate surface area is 150 Å². The second kappa shape index (κ2) is 10.3. The quantitative estimate of drug-likeness (QED) is 0.381. The molecule has 1 saturated heterocycles. The van der Waals surface area contributed by atoms with Crippen LogP contribution >= 0.6 is 0 Å². The minimum atomic E-state index is 0.267. The number of phenolic OH excluding ortho intramolecular Hbond substituents is 1. The Morgan fingerprint density at radius 3 is 2.72 bits per heavy atom. The topological polar surface area (TPSA) is 75.1 Å². The highest BCUT2D eigenvalue weighted by Gasteiger charge is 2.15. The number of aromatic hydroxyl groups is 1. The number of aliphatic imine (C=N–C) groups is 1. The first kappa shape index (κ1) is 19.5. The summed E-state index contributed by atoms with van der Waals surface area (Å²) in [5.41, 5.74) is 2.86. The maximum absolute atomic E-state index is 9.86. The van der Waals surface area contributed by atoms with Gasteiger partial charge in [-0.3, -0.25) is 0 Å². The zero-order chi connectivity index (χ0) is 18.1. The van der Waals surface area contributed by atoms with Gasteiger partial charge in [0.15, 0.2) is 5.96 Å². The van der Waals surface area contributed by atoms with Gasteiger partial charge < -0.3 is 25.2 Å². The van der Waals surface area contributed by atoms with Crippen LogP contribution in [0.3, 0.4) is 0 Å². The molecular weight excluding hydrogens is 318 g/mol. The first-order valence-electron chi connectivity index (χ1n) is 9.10. The molecule has 1 heterocycles. The van der Waals surface area contributed by atoms with Gasteiger partial charge in [0.1, 0.15) is 5.75 Å². The lowest BCUT2D eigenvalue weighted by atomic mass is 10.1. The van der Waals surface area contributed by atoms with Gasteiger partial charge in [-0.25, -0.2) is 4.99 Å². The molecule has 0 amide bonds. The van der Waals surface area contributed by atoms with Gasteiger partial charge in [0, 0.05) is 26.3 Å². The fourth-order valence-electron chi connectivity index (χ4n) is 2.82. The highest BCUT2D eigenvalue weighted by Crippen LogP contribution is 2.23. The SMILES string of the molecule is CCNC(=NCc1cc(C)c(O)c(C)c1)NCCCOC1CCOC1. The number of hydrogen-bond acceptors (Lipinski definition) is 4. The number of nitrogens with zero attached hydrogens (tertiary/aromatic N) is 1. The van der Waals surface area contributed by atoms with Gasteiger partial charge >= 0.3 is 0 Å². The summed E-state index contributed by atoms with van der Waals surface area (Å²) in [5.74, 6) is 1.17. The Kier molecular flexibility index (Phi) is 8.01. The predicted molar refractivity (Wildman–Crippen MR) is 100 cm³/mol. The van der Waals surface area contributed by atoms with Crippen molar-refractivity contribution in [1.82, 2.24) is 10.6 Å². The second-order valence-electron chi connectivity index (χ2n) is 6.41. The average Bonchev–Trinajstić information content (AvgIpc) is 3.10. The van der Waals surface area contributed by atoms with Gasteiger partial charge in [-0.15, -0.1) is 0 Å². The van der Waals surface area contributed by atoms with Crippen molar-refractivity contribution >= 4 is 5.96 Å². The Hall–Kier alpha value is -1.79. The number of ether oxygens (including phenoxy) is 2. The molecule has 0 aromatic heterocycles. The number of phenols is 1. The zero-order valence-corrected chi connectivity index (χ0v) is 15.6. The molecule has 1 aromatic rings. The third-order valence-electron chi connectivity index (χ3n) is 4.17. The van der Waals surface area contributed by atoms with Gasteiger partial charge in [0.25, 0.3) is 0 Å². The van der Waals surface area contributed by atoms with Crippen LogP contribution < -0.4 is 10.6 Å². The number of nitrogens with one attached hydrogen (secondary N) is 2. The fourth-order valence-corrected chi connectivity index (χ4v) is 2.82. The molecule has 140 valence electrons. The largest absolute Gasteiger partial charge is 0.507 e. The predicted octanol–water partition coefficient (Wildman–Crippen LogP) is 2.26. The van der Waals surface area contributed by atoms with Crippen LogP contribution in [0.25, 0.3) is 0 Å². The third-order valence-corrected chi connectivity index (χ3v) is 4.17. The summed E-state index contributed by atoms with van der Waals surface area (Å²) in [7, 11) is 0. The first-order chi connectivity index (χ1) is 12.1. The van der Waals surface area contributed by atoms with Crippen LogP contribution in [0.1, 0.15) is 36.5 Å². The molecule has 6 heteroatoms. The number of rotatable bonds is 8. The van der Waals surface area contributed by atoms with Gasteiger partial charge in [0.2, 0.25) is 0 Å². The van der Waals surface area contributed by atoms with E-state index >= 15 is 0 Å². The summed E-state index contributed by atoms with van der Waals surface area (Å²) in [6.45, 7) is 10.4. The van der Waals surface area contributed by atoms with Crippen molar-refractivity contribution in [2.75, 3.05) is 32.9 Å². The maximum Gasteiger partial charge on any atom is 0.191 e. The Morgan fingerprint density at radius 1 is 1.32 bits per heavy atom. The van der Waals surface area contributed by atoms with Crippen molar-refractivity contribution in [2.45, 2.75) is 46.3 Å². The smallest absolute Gasteiger partial charge is 0.191 e. The molecule has 2 rings (SSSR count). The van der Waals surface area contributed by atoms with Crippen LogP contribution in [-0.2, 0) is 16.0 Å². The van der Waals surface area contributed by atoms with Crippen molar-refractivity contribution in [2.24, 2.45) is 4.99 Å². The molecule has 25 heavy (non-hydrogen) atoms. The van der Waals surface area contributed by atoms with Crippen LogP contribution in [0.4, 0.5) is 0 Å². The molecule has 1 aromatic carbocycles. The molecule has 1 atom stereocenters. The lowest BCUT2D eigenvalue weighted by Gasteiger charge is -2.13. The molecule has 3 N–H and O–H groups in total. The molecule has 6 nitrogen and oxygen atoms in total. The number of hydrogen-bond donors (Lipinski definition) is 3. The fraction of sp³-hybridized carbons (Fsp3) is 0.632. The van der Waals surface area contributed by atoms with Crippen molar-refractivity contribution in [3.63, 3.8) is 0 Å². The summed E-state index contributed by atoms with van der Waals surface area (Å²) >= 11 is 0. The molecule has 0 saturated carbocycles. The normalized spacial score (nSPS) is 17.7. The van der Waals surface area contributed by atoms with Crippen LogP contribution in [0.2, 0.25) is 0 Å². The van der Waals surface area contributed by atoms with Gasteiger partial charge in [-0.2, -0.15) is 0 Å². The van der Waals surface area contributed by atoms with E-state index in [9.17, 15) is 5.11 Å². The van der Waals surface area contributed by atoms with Crippen LogP contribution in [0, 0.1) is 13.8 Å². The summed E-state index contributed by atoms with van der Waals surface area (Å²) in [6.07, 6.45) is 2.20. The number of aryl methyl sites for hydroxylation is 2. The Morgan fingerprint density at radius 2 is 2.08 bits per heavy atom. The molecule has 1 unspecified atom stereocenters. The summed E-state index contributed by atoms with van der Waals surface area (Å²) < 4.78 is 11.1. The third kappa shape index (κ3) is 6.55. The van der Waals surface area contributed by atoms with Crippen molar-refractivity contribution in [3.05, 3.63) is 28.8 Å². The monoisotopic (exact) mass is 349 g/mol. The van der Waals surface area contributed by atoms with E-state index in [1.54, 1.807) is 0 Å². The molecule has 1 aliphatic heterocycles. The molecule has 1 aliphatic rings. The maximum atomic E-state index is 9.86. The van der Waals surface area contributed by atoms with Gasteiger partial charge in [-0.1, -0.05) is 12.1 Å². The lowest BCUT2D eigenvalue weighted by molar-refractivity contribution is 0.0420. The van der Waals surface area contributed by atoms with Crippen molar-refractivity contribution in [1.29, 1.82) is 0 Å². The summed E-state index contributed by atoms with van der Waals surface area (Å²) in [6, 6.07) is 3.96. The van der Waals surface area contributed by atoms with E-state index in [1.165, 1.54) is 0 Å². The van der Waals surface area contributed by atoms with E-state index in [0.717, 1.165) is 68.4 Å². The summed E-state index contributed by atoms with van der Waals surface area (Å²) in [4.78, 5) is 4.62. The molecule has 0 aliphatic carbocycles. The highest BCUT2D eigenvalue weighted by atomic mass is 16.5. The van der Waals surface area contributed by atoms with E-state index in [0.29, 0.717) is 12.3 Å². The second-order valence-corrected chi connectivity index (χ2v) is 6.41. The van der Waals surface area contributed by atoms with Gasteiger partial charge in [-0.05, 0) is 50.3 Å². The molecule has 1 fully saturated rings. The van der Waals surface area contributed by atoms with E-state index in [2.05, 4.69) is 22.5 Å². The Bertz CT molecular complexity index is 546. The van der Waals surface area contributed by atoms with Gasteiger partial charge in [0.05, 0.1) is 19.3 Å². The van der Waals surface area contributed by atoms with Crippen molar-refractivity contribution < 1.29 is 14.6 Å². The van der Waals surface area contributed by atoms with E-state index < -0.39 is 0 Å². The number of benzene rings is 1. The first-order valence-corrected chi connectivity index (χ1v) is 9.10. The Balaban J connectivity index is 1.77. The standard InChI is InChI=1S/C19H31N3O3/c1-4-20-19(21-7-5-8-25-17-6-9-24-13-17)22-12-16-10-14(2)18(23)15(3)11-16/h10-11,17,23H,4-9,12-13H2,1-3H3,(H2,20,21,22).